The predicted molar refractivity (Wildman–Crippen MR) is 175 cm³/mol. The number of aryl methyl sites for hydroxylation is 2. The zero-order chi connectivity index (χ0) is 28.0. The maximum atomic E-state index is 3.31. The van der Waals surface area contributed by atoms with Crippen LogP contribution in [0.3, 0.4) is 0 Å². The zero-order valence-corrected chi connectivity index (χ0v) is 28.4. The third-order valence-electron chi connectivity index (χ3n) is 8.55. The van der Waals surface area contributed by atoms with Gasteiger partial charge >= 0.3 is 0 Å². The largest absolute Gasteiger partial charge is 0.748 e. The van der Waals surface area contributed by atoms with Crippen molar-refractivity contribution in [2.75, 3.05) is 0 Å². The van der Waals surface area contributed by atoms with E-state index in [0.717, 1.165) is 0 Å². The Labute approximate surface area is 253 Å². The summed E-state index contributed by atoms with van der Waals surface area (Å²) in [6.45, 7) is 19.2. The Morgan fingerprint density at radius 1 is 0.692 bits per heavy atom. The van der Waals surface area contributed by atoms with E-state index in [1.54, 1.807) is 0 Å². The molecule has 4 rings (SSSR count). The molecular formula is C36H48FeP2-6. The average molecular weight is 599 g/mol. The van der Waals surface area contributed by atoms with E-state index in [9.17, 15) is 0 Å². The summed E-state index contributed by atoms with van der Waals surface area (Å²) in [7, 11) is 3.08. The first kappa shape index (κ1) is 33.7. The number of rotatable bonds is 9. The molecule has 0 saturated heterocycles. The van der Waals surface area contributed by atoms with Gasteiger partial charge in [0.2, 0.25) is 0 Å². The summed E-state index contributed by atoms with van der Waals surface area (Å²) < 4.78 is 0. The van der Waals surface area contributed by atoms with Crippen molar-refractivity contribution < 1.29 is 17.1 Å². The van der Waals surface area contributed by atoms with Crippen molar-refractivity contribution in [2.24, 2.45) is 0 Å². The Kier molecular flexibility index (Phi) is 12.5. The van der Waals surface area contributed by atoms with Crippen LogP contribution >= 0.6 is 17.2 Å². The van der Waals surface area contributed by atoms with Crippen LogP contribution in [0.4, 0.5) is 0 Å². The van der Waals surface area contributed by atoms with E-state index in [1.807, 2.05) is 30.3 Å². The molecule has 1 atom stereocenters. The van der Waals surface area contributed by atoms with Gasteiger partial charge in [0.1, 0.15) is 0 Å². The summed E-state index contributed by atoms with van der Waals surface area (Å²) in [6, 6.07) is 34.9. The van der Waals surface area contributed by atoms with Crippen LogP contribution in [-0.2, 0) is 28.4 Å². The van der Waals surface area contributed by atoms with E-state index < -0.39 is 0 Å². The number of benzene rings is 2. The van der Waals surface area contributed by atoms with Crippen LogP contribution in [0.5, 0.6) is 0 Å². The van der Waals surface area contributed by atoms with E-state index >= 15 is 0 Å². The van der Waals surface area contributed by atoms with Gasteiger partial charge in [0.05, 0.1) is 0 Å². The third-order valence-corrected chi connectivity index (χ3v) is 13.7. The van der Waals surface area contributed by atoms with Crippen LogP contribution in [0.25, 0.3) is 0 Å². The molecule has 1 unspecified atom stereocenters. The monoisotopic (exact) mass is 598 g/mol. The number of hydrogen-bond donors (Lipinski definition) is 0. The van der Waals surface area contributed by atoms with Crippen LogP contribution in [0, 0.1) is 13.8 Å². The molecule has 0 N–H and O–H groups in total. The molecule has 0 fully saturated rings. The van der Waals surface area contributed by atoms with E-state index in [4.69, 9.17) is 0 Å². The summed E-state index contributed by atoms with van der Waals surface area (Å²) in [5, 5.41) is 0.430. The fourth-order valence-electron chi connectivity index (χ4n) is 5.57. The summed E-state index contributed by atoms with van der Waals surface area (Å²) in [4.78, 5) is 0. The standard InChI is InChI=1S/C31H43P2.C5H5.Fe/c1-9-29(5,6)33(30(7,8)10-2)22-25-18-15-21-28(25)31(32,26-19-13-11-16-23(26)3)27-20-14-12-17-24(27)4;1-2-4-5-3-1;/h11-21H,9-10,22,32H2,1-8H3;1-5H;/q-1;-5;. The second kappa shape index (κ2) is 14.4. The molecule has 0 nitrogen and oxygen atoms in total. The quantitative estimate of drug-likeness (QED) is 0.102. The summed E-state index contributed by atoms with van der Waals surface area (Å²) in [6.07, 6.45) is 3.62. The Morgan fingerprint density at radius 3 is 1.49 bits per heavy atom. The Balaban J connectivity index is 0.000000797. The molecule has 216 valence electrons. The van der Waals surface area contributed by atoms with Crippen LogP contribution < -0.4 is 0 Å². The predicted octanol–water partition coefficient (Wildman–Crippen LogP) is 11.0. The van der Waals surface area contributed by atoms with E-state index in [2.05, 4.69) is 131 Å². The van der Waals surface area contributed by atoms with Crippen LogP contribution in [-0.4, -0.2) is 10.3 Å². The first-order chi connectivity index (χ1) is 18.0. The molecule has 4 aromatic rings. The molecule has 3 heteroatoms. The molecular weight excluding hydrogens is 550 g/mol. The molecule has 0 aliphatic heterocycles. The molecule has 0 aliphatic carbocycles. The summed E-state index contributed by atoms with van der Waals surface area (Å²) in [5.74, 6) is 0. The molecule has 4 aromatic carbocycles. The molecule has 0 heterocycles. The molecule has 0 radical (unpaired) electrons. The van der Waals surface area contributed by atoms with Crippen molar-refractivity contribution in [1.29, 1.82) is 0 Å². The topological polar surface area (TPSA) is 0 Å². The molecule has 0 amide bonds. The maximum absolute atomic E-state index is 3.31. The normalized spacial score (nSPS) is 12.1. The zero-order valence-electron chi connectivity index (χ0n) is 25.2. The van der Waals surface area contributed by atoms with Gasteiger partial charge in [-0.3, -0.25) is 0 Å². The molecule has 0 saturated carbocycles. The van der Waals surface area contributed by atoms with Gasteiger partial charge in [-0.1, -0.05) is 96.2 Å². The SMILES string of the molecule is CCC(C)(C)P(C[c-]1cccc1C(P)(c1ccccc1C)c1ccccc1C)C(C)(C)CC.[Fe].[cH-]1[cH-][cH-][cH-][cH-]1. The molecule has 0 aliphatic rings. The molecule has 0 bridgehead atoms. The van der Waals surface area contributed by atoms with Gasteiger partial charge in [-0.05, 0) is 59.3 Å². The van der Waals surface area contributed by atoms with Crippen molar-refractivity contribution in [2.45, 2.75) is 89.9 Å². The second-order valence-electron chi connectivity index (χ2n) is 11.8. The minimum Gasteiger partial charge on any atom is -0.748 e. The van der Waals surface area contributed by atoms with Gasteiger partial charge in [-0.2, -0.15) is 6.07 Å². The summed E-state index contributed by atoms with van der Waals surface area (Å²) >= 11 is 0. The third kappa shape index (κ3) is 7.63. The maximum Gasteiger partial charge on any atom is 0.0372 e. The van der Waals surface area contributed by atoms with E-state index in [1.165, 1.54) is 52.4 Å². The van der Waals surface area contributed by atoms with Crippen molar-refractivity contribution in [3.63, 3.8) is 0 Å². The Hall–Kier alpha value is -1.48. The van der Waals surface area contributed by atoms with Crippen molar-refractivity contribution in [3.05, 3.63) is 130 Å². The molecule has 0 aromatic heterocycles. The van der Waals surface area contributed by atoms with Gasteiger partial charge in [0.25, 0.3) is 0 Å². The fourth-order valence-corrected chi connectivity index (χ4v) is 10.4. The summed E-state index contributed by atoms with van der Waals surface area (Å²) in [5.41, 5.74) is 8.41. The minimum atomic E-state index is -0.261. The van der Waals surface area contributed by atoms with Gasteiger partial charge in [-0.15, -0.1) is 28.3 Å². The smallest absolute Gasteiger partial charge is 0.0372 e. The van der Waals surface area contributed by atoms with Crippen LogP contribution in [0.15, 0.2) is 97.1 Å². The van der Waals surface area contributed by atoms with Gasteiger partial charge < -0.3 is 30.3 Å². The first-order valence-corrected chi connectivity index (χ1v) is 16.2. The first-order valence-electron chi connectivity index (χ1n) is 14.1. The van der Waals surface area contributed by atoms with Gasteiger partial charge in [0.15, 0.2) is 0 Å². The van der Waals surface area contributed by atoms with Gasteiger partial charge in [-0.25, -0.2) is 12.1 Å². The fraction of sp³-hybridized carbons (Fsp3) is 0.389. The van der Waals surface area contributed by atoms with Crippen molar-refractivity contribution >= 4 is 17.2 Å². The molecule has 39 heavy (non-hydrogen) atoms. The van der Waals surface area contributed by atoms with E-state index in [0.29, 0.717) is 10.3 Å². The van der Waals surface area contributed by atoms with Crippen molar-refractivity contribution in [1.82, 2.24) is 0 Å². The average Bonchev–Trinajstić information content (AvgIpc) is 3.63. The second-order valence-corrected chi connectivity index (χ2v) is 16.2. The van der Waals surface area contributed by atoms with E-state index in [-0.39, 0.29) is 30.1 Å². The van der Waals surface area contributed by atoms with Gasteiger partial charge in [0, 0.05) is 22.2 Å². The van der Waals surface area contributed by atoms with Crippen LogP contribution in [0.2, 0.25) is 0 Å². The molecule has 0 spiro atoms. The number of hydrogen-bond acceptors (Lipinski definition) is 0. The minimum absolute atomic E-state index is 0. The Bertz CT molecular complexity index is 1180. The Morgan fingerprint density at radius 2 is 1.10 bits per heavy atom. The van der Waals surface area contributed by atoms with Crippen molar-refractivity contribution in [3.8, 4) is 0 Å². The van der Waals surface area contributed by atoms with Crippen LogP contribution in [0.1, 0.15) is 87.8 Å².